The van der Waals surface area contributed by atoms with Crippen molar-refractivity contribution in [3.63, 3.8) is 0 Å². The van der Waals surface area contributed by atoms with E-state index in [-0.39, 0.29) is 17.6 Å². The summed E-state index contributed by atoms with van der Waals surface area (Å²) in [5.74, 6) is 0.354. The van der Waals surface area contributed by atoms with Crippen LogP contribution >= 0.6 is 0 Å². The molecule has 1 aliphatic heterocycles. The molecule has 5 heteroatoms. The number of carbonyl (C=O) groups is 1. The van der Waals surface area contributed by atoms with E-state index in [0.717, 1.165) is 55.4 Å². The van der Waals surface area contributed by atoms with Crippen LogP contribution in [0.3, 0.4) is 0 Å². The fraction of sp³-hybridized carbons (Fsp3) is 0.562. The van der Waals surface area contributed by atoms with Gasteiger partial charge >= 0.3 is 0 Å². The average Bonchev–Trinajstić information content (AvgIpc) is 2.96. The number of ketones is 1. The molecule has 0 amide bonds. The minimum absolute atomic E-state index is 0.167. The Kier molecular flexibility index (Phi) is 15.8. The van der Waals surface area contributed by atoms with Crippen molar-refractivity contribution >= 4 is 11.5 Å². The molecule has 0 radical (unpaired) electrons. The fourth-order valence-electron chi connectivity index (χ4n) is 4.61. The lowest BCUT2D eigenvalue weighted by Gasteiger charge is -2.32. The topological polar surface area (TPSA) is 41.5 Å². The summed E-state index contributed by atoms with van der Waals surface area (Å²) in [6, 6.07) is 3.33. The molecular formula is C32H48F2N2O. The zero-order valence-corrected chi connectivity index (χ0v) is 24.0. The fourth-order valence-corrected chi connectivity index (χ4v) is 4.61. The van der Waals surface area contributed by atoms with Crippen LogP contribution in [0, 0.1) is 18.7 Å². The van der Waals surface area contributed by atoms with E-state index in [1.54, 1.807) is 6.07 Å². The molecule has 1 aromatic carbocycles. The first-order chi connectivity index (χ1) is 17.7. The molecule has 0 aromatic heterocycles. The van der Waals surface area contributed by atoms with Crippen LogP contribution in [-0.2, 0) is 17.8 Å². The van der Waals surface area contributed by atoms with Crippen LogP contribution in [0.5, 0.6) is 0 Å². The van der Waals surface area contributed by atoms with Crippen molar-refractivity contribution in [3.8, 4) is 0 Å². The average molecular weight is 515 g/mol. The van der Waals surface area contributed by atoms with Gasteiger partial charge in [-0.1, -0.05) is 51.1 Å². The zero-order valence-electron chi connectivity index (χ0n) is 24.0. The number of aliphatic imine (C=N–C) groups is 1. The third kappa shape index (κ3) is 12.1. The molecule has 206 valence electrons. The lowest BCUT2D eigenvalue weighted by molar-refractivity contribution is -0.114. The monoisotopic (exact) mass is 514 g/mol. The summed E-state index contributed by atoms with van der Waals surface area (Å²) in [7, 11) is 0. The second kappa shape index (κ2) is 18.0. The van der Waals surface area contributed by atoms with Crippen molar-refractivity contribution in [3.05, 3.63) is 70.7 Å². The molecule has 1 aromatic rings. The van der Waals surface area contributed by atoms with Crippen LogP contribution in [0.1, 0.15) is 96.8 Å². The van der Waals surface area contributed by atoms with Gasteiger partial charge in [-0.05, 0) is 101 Å². The highest BCUT2D eigenvalue weighted by molar-refractivity contribution is 5.98. The number of aryl methyl sites for hydroxylation is 2. The summed E-state index contributed by atoms with van der Waals surface area (Å²) in [4.78, 5) is 14.0. The van der Waals surface area contributed by atoms with Gasteiger partial charge in [-0.3, -0.25) is 4.99 Å². The maximum atomic E-state index is 14.9. The lowest BCUT2D eigenvalue weighted by Crippen LogP contribution is -2.41. The summed E-state index contributed by atoms with van der Waals surface area (Å²) in [6.07, 6.45) is 15.5. The summed E-state index contributed by atoms with van der Waals surface area (Å²) < 4.78 is 29.2. The van der Waals surface area contributed by atoms with Crippen molar-refractivity contribution in [1.82, 2.24) is 5.32 Å². The van der Waals surface area contributed by atoms with E-state index < -0.39 is 6.17 Å². The van der Waals surface area contributed by atoms with Crippen molar-refractivity contribution in [2.24, 2.45) is 10.9 Å². The second-order valence-corrected chi connectivity index (χ2v) is 9.81. The molecule has 3 nitrogen and oxygen atoms in total. The third-order valence-electron chi connectivity index (χ3n) is 6.69. The summed E-state index contributed by atoms with van der Waals surface area (Å²) in [5.41, 5.74) is 5.05. The van der Waals surface area contributed by atoms with E-state index in [1.165, 1.54) is 19.4 Å². The Hall–Kier alpha value is -2.40. The minimum Gasteiger partial charge on any atom is -0.307 e. The van der Waals surface area contributed by atoms with E-state index in [2.05, 4.69) is 35.5 Å². The quantitative estimate of drug-likeness (QED) is 0.396. The molecule has 0 unspecified atom stereocenters. The Balaban J connectivity index is 0.00000104. The molecule has 1 N–H and O–H groups in total. The summed E-state index contributed by atoms with van der Waals surface area (Å²) in [5, 5.41) is 3.29. The van der Waals surface area contributed by atoms with E-state index in [0.29, 0.717) is 24.4 Å². The Morgan fingerprint density at radius 3 is 2.46 bits per heavy atom. The number of benzene rings is 1. The molecule has 0 spiro atoms. The molecule has 37 heavy (non-hydrogen) atoms. The van der Waals surface area contributed by atoms with E-state index in [9.17, 15) is 13.6 Å². The Morgan fingerprint density at radius 1 is 1.11 bits per heavy atom. The molecule has 1 saturated carbocycles. The van der Waals surface area contributed by atoms with Gasteiger partial charge in [0.2, 0.25) is 0 Å². The maximum Gasteiger partial charge on any atom is 0.127 e. The maximum absolute atomic E-state index is 14.9. The number of nitrogens with one attached hydrogen (secondary N) is 1. The first-order valence-corrected chi connectivity index (χ1v) is 13.9. The predicted molar refractivity (Wildman–Crippen MR) is 154 cm³/mol. The Bertz CT molecular complexity index is 958. The van der Waals surface area contributed by atoms with E-state index >= 15 is 0 Å². The minimum atomic E-state index is -0.884. The Labute approximate surface area is 224 Å². The van der Waals surface area contributed by atoms with Crippen molar-refractivity contribution in [1.29, 1.82) is 0 Å². The molecule has 2 aliphatic rings. The van der Waals surface area contributed by atoms with Gasteiger partial charge in [0.1, 0.15) is 17.8 Å². The van der Waals surface area contributed by atoms with Crippen LogP contribution < -0.4 is 5.32 Å². The van der Waals surface area contributed by atoms with Crippen molar-refractivity contribution < 1.29 is 13.6 Å². The van der Waals surface area contributed by atoms with E-state index in [4.69, 9.17) is 0 Å². The molecule has 1 fully saturated rings. The molecular weight excluding hydrogens is 466 g/mol. The van der Waals surface area contributed by atoms with Crippen LogP contribution in [0.25, 0.3) is 0 Å². The standard InChI is InChI=1S/C27H36F2N2.C3H6O.C2H6/c1-4-22-17-24(25(28)15-19(22)2)18-31-27-13-11-21(16-26(27)29)10-12-23-9-7-5-6-8-14-30-20(23)3;1-3(2)4;1-2/h5,7-9,14-15,17,21,26-27,31H,4,6,10-13,16,18H2,1-3H3;1-2H3;1-2H3/b7-5-,14-8-,23-9-,30-20+;;/t21-,26+,27-;;/m1../s1. The van der Waals surface area contributed by atoms with E-state index in [1.807, 2.05) is 46.0 Å². The molecule has 0 saturated heterocycles. The number of halogens is 2. The number of hydrogen-bond acceptors (Lipinski definition) is 3. The first-order valence-electron chi connectivity index (χ1n) is 13.9. The number of Topliss-reactive ketones (excluding diaryl/α,β-unsaturated/α-hetero) is 1. The van der Waals surface area contributed by atoms with Crippen molar-refractivity contribution in [2.75, 3.05) is 0 Å². The van der Waals surface area contributed by atoms with Gasteiger partial charge in [-0.2, -0.15) is 0 Å². The van der Waals surface area contributed by atoms with Gasteiger partial charge in [-0.15, -0.1) is 0 Å². The highest BCUT2D eigenvalue weighted by atomic mass is 19.1. The third-order valence-corrected chi connectivity index (χ3v) is 6.69. The Morgan fingerprint density at radius 2 is 1.81 bits per heavy atom. The number of rotatable bonds is 7. The zero-order chi connectivity index (χ0) is 27.8. The van der Waals surface area contributed by atoms with Gasteiger partial charge in [0.25, 0.3) is 0 Å². The highest BCUT2D eigenvalue weighted by Crippen LogP contribution is 2.31. The number of alkyl halides is 1. The molecule has 1 heterocycles. The van der Waals surface area contributed by atoms with Crippen molar-refractivity contribution in [2.45, 2.75) is 112 Å². The SMILES string of the molecule is CC.CC(C)=O.CCc1cc(CN[C@@H]2CC[C@@H](CCC3=C/C=C\C/C=C\N=C\3C)C[C@@H]2F)c(F)cc1C. The largest absolute Gasteiger partial charge is 0.307 e. The summed E-state index contributed by atoms with van der Waals surface area (Å²) in [6.45, 7) is 13.5. The lowest BCUT2D eigenvalue weighted by atomic mass is 9.81. The van der Waals surface area contributed by atoms with Gasteiger partial charge in [0.05, 0.1) is 0 Å². The second-order valence-electron chi connectivity index (χ2n) is 9.81. The highest BCUT2D eigenvalue weighted by Gasteiger charge is 2.30. The van der Waals surface area contributed by atoms with Gasteiger partial charge in [-0.25, -0.2) is 8.78 Å². The van der Waals surface area contributed by atoms with Gasteiger partial charge in [0, 0.05) is 30.1 Å². The molecule has 0 bridgehead atoms. The molecule has 3 atom stereocenters. The smallest absolute Gasteiger partial charge is 0.127 e. The summed E-state index contributed by atoms with van der Waals surface area (Å²) >= 11 is 0. The van der Waals surface area contributed by atoms with Crippen LogP contribution in [-0.4, -0.2) is 23.7 Å². The normalized spacial score (nSPS) is 25.7. The van der Waals surface area contributed by atoms with Crippen LogP contribution in [0.4, 0.5) is 8.78 Å². The predicted octanol–water partition coefficient (Wildman–Crippen LogP) is 8.56. The van der Waals surface area contributed by atoms with Crippen LogP contribution in [0.2, 0.25) is 0 Å². The first kappa shape index (κ1) is 32.6. The van der Waals surface area contributed by atoms with Crippen LogP contribution in [0.15, 0.2) is 53.2 Å². The number of nitrogens with zero attached hydrogens (tertiary/aromatic N) is 1. The number of hydrogen-bond donors (Lipinski definition) is 1. The molecule has 1 aliphatic carbocycles. The number of allylic oxidation sites excluding steroid dienone is 5. The molecule has 3 rings (SSSR count). The number of carbonyl (C=O) groups excluding carboxylic acids is 1. The van der Waals surface area contributed by atoms with Gasteiger partial charge < -0.3 is 10.1 Å². The van der Waals surface area contributed by atoms with Gasteiger partial charge in [0.15, 0.2) is 0 Å².